The fraction of sp³-hybridized carbons (Fsp3) is 0.333. The molecule has 1 aromatic carbocycles. The van der Waals surface area contributed by atoms with Crippen LogP contribution in [0, 0.1) is 0 Å². The van der Waals surface area contributed by atoms with Crippen LogP contribution in [0.5, 0.6) is 0 Å². The van der Waals surface area contributed by atoms with Gasteiger partial charge in [-0.2, -0.15) is 8.78 Å². The number of hydrogen-bond donors (Lipinski definition) is 1. The van der Waals surface area contributed by atoms with E-state index in [0.717, 1.165) is 12.1 Å². The Morgan fingerprint density at radius 1 is 1.12 bits per heavy atom. The fourth-order valence-corrected chi connectivity index (χ4v) is 1.37. The second kappa shape index (κ2) is 4.77. The van der Waals surface area contributed by atoms with Gasteiger partial charge in [0.15, 0.2) is 0 Å². The average molecular weight is 276 g/mol. The molecule has 1 unspecified atom stereocenters. The Hall–Kier alpha value is -0.520. The molecule has 1 nitrogen and oxygen atoms in total. The summed E-state index contributed by atoms with van der Waals surface area (Å²) in [6.07, 6.45) is -3.84. The monoisotopic (exact) mass is 275 g/mol. The third-order valence-electron chi connectivity index (χ3n) is 2.01. The molecule has 2 N–H and O–H groups in total. The zero-order valence-corrected chi connectivity index (χ0v) is 9.24. The minimum atomic E-state index is -4.31. The summed E-state index contributed by atoms with van der Waals surface area (Å²) < 4.78 is 49.9. The van der Waals surface area contributed by atoms with E-state index in [0.29, 0.717) is 0 Å². The van der Waals surface area contributed by atoms with E-state index in [4.69, 9.17) is 28.9 Å². The highest BCUT2D eigenvalue weighted by Crippen LogP contribution is 2.36. The van der Waals surface area contributed by atoms with Gasteiger partial charge in [0.05, 0.1) is 10.0 Å². The molecule has 0 aliphatic carbocycles. The topological polar surface area (TPSA) is 26.0 Å². The molecule has 0 heterocycles. The third-order valence-corrected chi connectivity index (χ3v) is 2.75. The largest absolute Gasteiger partial charge is 0.326 e. The van der Waals surface area contributed by atoms with Crippen molar-refractivity contribution < 1.29 is 17.6 Å². The quantitative estimate of drug-likeness (QED) is 0.832. The van der Waals surface area contributed by atoms with Gasteiger partial charge in [-0.3, -0.25) is 0 Å². The van der Waals surface area contributed by atoms with Gasteiger partial charge in [0.25, 0.3) is 0 Å². The van der Waals surface area contributed by atoms with Crippen LogP contribution in [0.4, 0.5) is 17.6 Å². The molecule has 0 spiro atoms. The van der Waals surface area contributed by atoms with Crippen LogP contribution in [0.15, 0.2) is 18.2 Å². The van der Waals surface area contributed by atoms with E-state index >= 15 is 0 Å². The van der Waals surface area contributed by atoms with Crippen molar-refractivity contribution in [2.24, 2.45) is 5.73 Å². The van der Waals surface area contributed by atoms with Crippen molar-refractivity contribution in [1.29, 1.82) is 0 Å². The van der Waals surface area contributed by atoms with Crippen LogP contribution < -0.4 is 5.73 Å². The lowest BCUT2D eigenvalue weighted by molar-refractivity contribution is -0.144. The Kier molecular flexibility index (Phi) is 4.04. The van der Waals surface area contributed by atoms with Crippen LogP contribution in [-0.4, -0.2) is 12.3 Å². The van der Waals surface area contributed by atoms with Crippen molar-refractivity contribution in [3.8, 4) is 0 Å². The minimum Gasteiger partial charge on any atom is -0.319 e. The molecule has 7 heteroatoms. The summed E-state index contributed by atoms with van der Waals surface area (Å²) >= 11 is 11.1. The summed E-state index contributed by atoms with van der Waals surface area (Å²) in [6, 6.07) is 1.28. The number of halogens is 6. The van der Waals surface area contributed by atoms with Gasteiger partial charge in [-0.05, 0) is 17.7 Å². The third kappa shape index (κ3) is 2.59. The molecule has 1 atom stereocenters. The van der Waals surface area contributed by atoms with E-state index in [1.807, 2.05) is 0 Å². The maximum Gasteiger partial charge on any atom is 0.326 e. The zero-order valence-electron chi connectivity index (χ0n) is 7.73. The Labute approximate surface area is 99.1 Å². The SMILES string of the molecule is NC(c1ccc(Cl)c(Cl)c1)C(F)(F)C(F)F. The molecule has 16 heavy (non-hydrogen) atoms. The van der Waals surface area contributed by atoms with Crippen LogP contribution in [0.3, 0.4) is 0 Å². The highest BCUT2D eigenvalue weighted by Gasteiger charge is 2.47. The van der Waals surface area contributed by atoms with E-state index in [2.05, 4.69) is 0 Å². The van der Waals surface area contributed by atoms with E-state index in [1.54, 1.807) is 0 Å². The standard InChI is InChI=1S/C9H7Cl2F4N/c10-5-2-1-4(3-6(5)11)7(16)9(14,15)8(12)13/h1-3,7-8H,16H2. The van der Waals surface area contributed by atoms with E-state index < -0.39 is 18.4 Å². The second-order valence-corrected chi connectivity index (χ2v) is 3.94. The van der Waals surface area contributed by atoms with Gasteiger partial charge >= 0.3 is 12.3 Å². The van der Waals surface area contributed by atoms with Crippen LogP contribution >= 0.6 is 23.2 Å². The Bertz CT molecular complexity index is 384. The number of benzene rings is 1. The summed E-state index contributed by atoms with van der Waals surface area (Å²) in [5.74, 6) is -4.31. The van der Waals surface area contributed by atoms with Gasteiger partial charge in [0, 0.05) is 0 Å². The number of rotatable bonds is 3. The highest BCUT2D eigenvalue weighted by molar-refractivity contribution is 6.42. The molecule has 1 aromatic rings. The van der Waals surface area contributed by atoms with Crippen molar-refractivity contribution in [3.63, 3.8) is 0 Å². The predicted octanol–water partition coefficient (Wildman–Crippen LogP) is 3.89. The van der Waals surface area contributed by atoms with Crippen LogP contribution in [-0.2, 0) is 0 Å². The van der Waals surface area contributed by atoms with Crippen molar-refractivity contribution in [1.82, 2.24) is 0 Å². The normalized spacial score (nSPS) is 14.2. The molecule has 0 aromatic heterocycles. The van der Waals surface area contributed by atoms with Gasteiger partial charge in [-0.25, -0.2) is 8.78 Å². The van der Waals surface area contributed by atoms with Gasteiger partial charge < -0.3 is 5.73 Å². The average Bonchev–Trinajstić information content (AvgIpc) is 2.20. The summed E-state index contributed by atoms with van der Waals surface area (Å²) in [7, 11) is 0. The molecule has 0 aliphatic heterocycles. The molecular formula is C9H7Cl2F4N. The molecule has 0 radical (unpaired) electrons. The molecule has 0 fully saturated rings. The maximum absolute atomic E-state index is 12.9. The Morgan fingerprint density at radius 3 is 2.12 bits per heavy atom. The molecule has 1 rings (SSSR count). The van der Waals surface area contributed by atoms with Crippen molar-refractivity contribution in [2.75, 3.05) is 0 Å². The van der Waals surface area contributed by atoms with Gasteiger partial charge in [-0.1, -0.05) is 29.3 Å². The van der Waals surface area contributed by atoms with Crippen molar-refractivity contribution >= 4 is 23.2 Å². The lowest BCUT2D eigenvalue weighted by atomic mass is 10.0. The number of hydrogen-bond acceptors (Lipinski definition) is 1. The lowest BCUT2D eigenvalue weighted by Crippen LogP contribution is -2.39. The first-order valence-electron chi connectivity index (χ1n) is 4.13. The van der Waals surface area contributed by atoms with Crippen LogP contribution in [0.2, 0.25) is 10.0 Å². The van der Waals surface area contributed by atoms with Crippen molar-refractivity contribution in [2.45, 2.75) is 18.4 Å². The molecule has 0 bridgehead atoms. The molecule has 0 aliphatic rings. The molecule has 0 amide bonds. The first kappa shape index (κ1) is 13.5. The van der Waals surface area contributed by atoms with Crippen LogP contribution in [0.1, 0.15) is 11.6 Å². The molecular weight excluding hydrogens is 269 g/mol. The first-order valence-corrected chi connectivity index (χ1v) is 4.89. The van der Waals surface area contributed by atoms with Crippen molar-refractivity contribution in [3.05, 3.63) is 33.8 Å². The summed E-state index contributed by atoms with van der Waals surface area (Å²) in [5, 5.41) is 0.123. The zero-order chi connectivity index (χ0) is 12.5. The van der Waals surface area contributed by atoms with Gasteiger partial charge in [0.1, 0.15) is 6.04 Å². The van der Waals surface area contributed by atoms with E-state index in [9.17, 15) is 17.6 Å². The minimum absolute atomic E-state index is 0.0142. The number of alkyl halides is 4. The second-order valence-electron chi connectivity index (χ2n) is 3.13. The molecule has 0 saturated heterocycles. The molecule has 0 saturated carbocycles. The summed E-state index contributed by atoms with van der Waals surface area (Å²) in [4.78, 5) is 0. The maximum atomic E-state index is 12.9. The van der Waals surface area contributed by atoms with Gasteiger partial charge in [-0.15, -0.1) is 0 Å². The lowest BCUT2D eigenvalue weighted by Gasteiger charge is -2.23. The Morgan fingerprint density at radius 2 is 1.69 bits per heavy atom. The van der Waals surface area contributed by atoms with Crippen LogP contribution in [0.25, 0.3) is 0 Å². The summed E-state index contributed by atoms with van der Waals surface area (Å²) in [6.45, 7) is 0. The highest BCUT2D eigenvalue weighted by atomic mass is 35.5. The smallest absolute Gasteiger partial charge is 0.319 e. The summed E-state index contributed by atoms with van der Waals surface area (Å²) in [5.41, 5.74) is 4.87. The predicted molar refractivity (Wildman–Crippen MR) is 54.3 cm³/mol. The number of nitrogens with two attached hydrogens (primary N) is 1. The molecule has 90 valence electrons. The van der Waals surface area contributed by atoms with E-state index in [-0.39, 0.29) is 15.6 Å². The van der Waals surface area contributed by atoms with Gasteiger partial charge in [0.2, 0.25) is 0 Å². The Balaban J connectivity index is 3.05. The fourth-order valence-electron chi connectivity index (χ4n) is 1.06. The first-order chi connectivity index (χ1) is 7.26. The van der Waals surface area contributed by atoms with E-state index in [1.165, 1.54) is 6.07 Å².